The second-order valence-corrected chi connectivity index (χ2v) is 3.84. The van der Waals surface area contributed by atoms with E-state index in [1.807, 2.05) is 17.9 Å². The molecule has 0 aliphatic heterocycles. The maximum absolute atomic E-state index is 10.9. The number of hydrogen-bond acceptors (Lipinski definition) is 4. The van der Waals surface area contributed by atoms with E-state index in [2.05, 4.69) is 17.2 Å². The molecule has 5 nitrogen and oxygen atoms in total. The molecule has 0 aromatic carbocycles. The van der Waals surface area contributed by atoms with E-state index in [0.29, 0.717) is 0 Å². The quantitative estimate of drug-likeness (QED) is 0.746. The van der Waals surface area contributed by atoms with Gasteiger partial charge < -0.3 is 16.0 Å². The second-order valence-electron chi connectivity index (χ2n) is 3.84. The highest BCUT2D eigenvalue weighted by atomic mass is 16.1. The molecule has 0 unspecified atom stereocenters. The van der Waals surface area contributed by atoms with Gasteiger partial charge in [0.15, 0.2) is 0 Å². The van der Waals surface area contributed by atoms with Gasteiger partial charge in [-0.1, -0.05) is 6.92 Å². The minimum absolute atomic E-state index is 0.218. The van der Waals surface area contributed by atoms with Gasteiger partial charge in [0.25, 0.3) is 0 Å². The van der Waals surface area contributed by atoms with Crippen molar-refractivity contribution in [2.24, 2.45) is 5.73 Å². The first-order valence-corrected chi connectivity index (χ1v) is 5.89. The molecule has 94 valence electrons. The molecule has 0 bridgehead atoms. The van der Waals surface area contributed by atoms with Crippen molar-refractivity contribution in [1.82, 2.24) is 4.98 Å². The van der Waals surface area contributed by atoms with Crippen LogP contribution in [0.25, 0.3) is 0 Å². The minimum atomic E-state index is -0.334. The van der Waals surface area contributed by atoms with Crippen LogP contribution in [-0.2, 0) is 4.79 Å². The average Bonchev–Trinajstić information content (AvgIpc) is 2.33. The van der Waals surface area contributed by atoms with Crippen molar-refractivity contribution in [3.8, 4) is 0 Å². The lowest BCUT2D eigenvalue weighted by molar-refractivity contribution is -0.116. The van der Waals surface area contributed by atoms with E-state index in [1.54, 1.807) is 12.4 Å². The zero-order valence-corrected chi connectivity index (χ0v) is 10.4. The Labute approximate surface area is 102 Å². The van der Waals surface area contributed by atoms with Crippen LogP contribution in [0.2, 0.25) is 0 Å². The Kier molecular flexibility index (Phi) is 5.26. The molecule has 0 aliphatic rings. The molecular weight excluding hydrogens is 216 g/mol. The predicted octanol–water partition coefficient (Wildman–Crippen LogP) is 1.22. The summed E-state index contributed by atoms with van der Waals surface area (Å²) in [6.45, 7) is 5.94. The molecule has 0 fully saturated rings. The van der Waals surface area contributed by atoms with E-state index in [1.165, 1.54) is 0 Å². The van der Waals surface area contributed by atoms with Crippen molar-refractivity contribution < 1.29 is 4.79 Å². The number of carbonyl (C=O) groups excluding carboxylic acids is 1. The molecular formula is C12H20N4O. The monoisotopic (exact) mass is 236 g/mol. The molecule has 17 heavy (non-hydrogen) atoms. The van der Waals surface area contributed by atoms with E-state index in [9.17, 15) is 4.79 Å². The lowest BCUT2D eigenvalue weighted by Crippen LogP contribution is -2.33. The highest BCUT2D eigenvalue weighted by Gasteiger charge is 2.08. The van der Waals surface area contributed by atoms with Crippen molar-refractivity contribution >= 4 is 17.3 Å². The van der Waals surface area contributed by atoms with E-state index in [-0.39, 0.29) is 12.5 Å². The van der Waals surface area contributed by atoms with Crippen molar-refractivity contribution in [1.29, 1.82) is 0 Å². The number of amides is 1. The van der Waals surface area contributed by atoms with Gasteiger partial charge >= 0.3 is 0 Å². The van der Waals surface area contributed by atoms with Gasteiger partial charge in [0.1, 0.15) is 0 Å². The molecule has 3 N–H and O–H groups in total. The van der Waals surface area contributed by atoms with Gasteiger partial charge in [0.2, 0.25) is 5.91 Å². The fourth-order valence-corrected chi connectivity index (χ4v) is 1.54. The summed E-state index contributed by atoms with van der Waals surface area (Å²) in [7, 11) is 0. The number of aromatic nitrogens is 1. The van der Waals surface area contributed by atoms with Crippen molar-refractivity contribution in [2.75, 3.05) is 29.9 Å². The molecule has 0 saturated carbocycles. The summed E-state index contributed by atoms with van der Waals surface area (Å²) in [6.07, 6.45) is 4.57. The summed E-state index contributed by atoms with van der Waals surface area (Å²) in [4.78, 5) is 17.0. The number of hydrogen-bond donors (Lipinski definition) is 2. The molecule has 1 rings (SSSR count). The Hall–Kier alpha value is -1.78. The van der Waals surface area contributed by atoms with Gasteiger partial charge in [-0.05, 0) is 19.4 Å². The molecule has 0 aliphatic carbocycles. The Bertz CT molecular complexity index is 367. The van der Waals surface area contributed by atoms with Crippen LogP contribution >= 0.6 is 0 Å². The largest absolute Gasteiger partial charge is 0.384 e. The standard InChI is InChI=1S/C12H20N4O/c1-3-5-15-10-6-11(8-14-7-10)16(4-2)9-12(13)17/h6-8,15H,3-5,9H2,1-2H3,(H2,13,17). The van der Waals surface area contributed by atoms with E-state index in [4.69, 9.17) is 5.73 Å². The fraction of sp³-hybridized carbons (Fsp3) is 0.500. The highest BCUT2D eigenvalue weighted by Crippen LogP contribution is 2.17. The smallest absolute Gasteiger partial charge is 0.236 e. The second kappa shape index (κ2) is 6.73. The third-order valence-electron chi connectivity index (χ3n) is 2.40. The third kappa shape index (κ3) is 4.30. The summed E-state index contributed by atoms with van der Waals surface area (Å²) in [6, 6.07) is 1.98. The van der Waals surface area contributed by atoms with Gasteiger partial charge in [-0.15, -0.1) is 0 Å². The van der Waals surface area contributed by atoms with Crippen LogP contribution in [0.5, 0.6) is 0 Å². The van der Waals surface area contributed by atoms with Crippen LogP contribution in [0.4, 0.5) is 11.4 Å². The normalized spacial score (nSPS) is 10.0. The third-order valence-corrected chi connectivity index (χ3v) is 2.40. The molecule has 1 amide bonds. The van der Waals surface area contributed by atoms with E-state index >= 15 is 0 Å². The lowest BCUT2D eigenvalue weighted by Gasteiger charge is -2.21. The Morgan fingerprint density at radius 1 is 1.47 bits per heavy atom. The Morgan fingerprint density at radius 3 is 2.82 bits per heavy atom. The zero-order chi connectivity index (χ0) is 12.7. The first kappa shape index (κ1) is 13.3. The summed E-state index contributed by atoms with van der Waals surface area (Å²) in [5.41, 5.74) is 7.08. The van der Waals surface area contributed by atoms with Gasteiger partial charge in [-0.3, -0.25) is 9.78 Å². The summed E-state index contributed by atoms with van der Waals surface area (Å²) in [5.74, 6) is -0.334. The van der Waals surface area contributed by atoms with Crippen molar-refractivity contribution in [2.45, 2.75) is 20.3 Å². The molecule has 0 radical (unpaired) electrons. The van der Waals surface area contributed by atoms with Gasteiger partial charge in [0, 0.05) is 13.1 Å². The van der Waals surface area contributed by atoms with E-state index in [0.717, 1.165) is 30.9 Å². The Balaban J connectivity index is 2.77. The van der Waals surface area contributed by atoms with Crippen LogP contribution in [0.3, 0.4) is 0 Å². The number of carbonyl (C=O) groups is 1. The van der Waals surface area contributed by atoms with Crippen LogP contribution < -0.4 is 16.0 Å². The maximum Gasteiger partial charge on any atom is 0.236 e. The molecule has 0 atom stereocenters. The fourth-order valence-electron chi connectivity index (χ4n) is 1.54. The minimum Gasteiger partial charge on any atom is -0.384 e. The molecule has 0 saturated heterocycles. The van der Waals surface area contributed by atoms with Crippen LogP contribution in [0, 0.1) is 0 Å². The number of nitrogens with two attached hydrogens (primary N) is 1. The number of anilines is 2. The summed E-state index contributed by atoms with van der Waals surface area (Å²) < 4.78 is 0. The van der Waals surface area contributed by atoms with Crippen LogP contribution in [0.1, 0.15) is 20.3 Å². The number of nitrogens with one attached hydrogen (secondary N) is 1. The number of rotatable bonds is 7. The first-order valence-electron chi connectivity index (χ1n) is 5.89. The lowest BCUT2D eigenvalue weighted by atomic mass is 10.3. The molecule has 1 aromatic heterocycles. The molecule has 5 heteroatoms. The SMILES string of the molecule is CCCNc1cncc(N(CC)CC(N)=O)c1. The number of nitrogens with zero attached hydrogens (tertiary/aromatic N) is 2. The summed E-state index contributed by atoms with van der Waals surface area (Å²) in [5, 5.41) is 3.26. The Morgan fingerprint density at radius 2 is 2.24 bits per heavy atom. The number of pyridine rings is 1. The predicted molar refractivity (Wildman–Crippen MR) is 70.1 cm³/mol. The van der Waals surface area contributed by atoms with Gasteiger partial charge in [-0.25, -0.2) is 0 Å². The van der Waals surface area contributed by atoms with Gasteiger partial charge in [-0.2, -0.15) is 0 Å². The zero-order valence-electron chi connectivity index (χ0n) is 10.4. The highest BCUT2D eigenvalue weighted by molar-refractivity contribution is 5.79. The van der Waals surface area contributed by atoms with E-state index < -0.39 is 0 Å². The average molecular weight is 236 g/mol. The van der Waals surface area contributed by atoms with Crippen molar-refractivity contribution in [3.63, 3.8) is 0 Å². The van der Waals surface area contributed by atoms with Crippen molar-refractivity contribution in [3.05, 3.63) is 18.5 Å². The molecule has 0 spiro atoms. The maximum atomic E-state index is 10.9. The topological polar surface area (TPSA) is 71.2 Å². The molecule has 1 aromatic rings. The summed E-state index contributed by atoms with van der Waals surface area (Å²) >= 11 is 0. The molecule has 1 heterocycles. The van der Waals surface area contributed by atoms with Gasteiger partial charge in [0.05, 0.1) is 30.3 Å². The number of primary amides is 1. The van der Waals surface area contributed by atoms with Crippen LogP contribution in [-0.4, -0.2) is 30.5 Å². The first-order chi connectivity index (χ1) is 8.17. The van der Waals surface area contributed by atoms with Crippen LogP contribution in [0.15, 0.2) is 18.5 Å². The number of likely N-dealkylation sites (N-methyl/N-ethyl adjacent to an activating group) is 1.